The summed E-state index contributed by atoms with van der Waals surface area (Å²) in [6.45, 7) is 13.8. The maximum absolute atomic E-state index is 12.1. The molecule has 0 aromatic carbocycles. The van der Waals surface area contributed by atoms with Crippen LogP contribution < -0.4 is 5.32 Å². The first-order valence-electron chi connectivity index (χ1n) is 7.89. The van der Waals surface area contributed by atoms with Crippen molar-refractivity contribution >= 4 is 11.9 Å². The Labute approximate surface area is 133 Å². The number of nitrogens with one attached hydrogen (secondary N) is 1. The van der Waals surface area contributed by atoms with Crippen LogP contribution in [0.15, 0.2) is 4.99 Å². The fourth-order valence-electron chi connectivity index (χ4n) is 2.22. The number of aliphatic imine (C=N–C) groups is 1. The lowest BCUT2D eigenvalue weighted by Crippen LogP contribution is -2.48. The second-order valence-corrected chi connectivity index (χ2v) is 8.03. The third-order valence-electron chi connectivity index (χ3n) is 3.05. The van der Waals surface area contributed by atoms with E-state index in [0.29, 0.717) is 32.6 Å². The van der Waals surface area contributed by atoms with Crippen LogP contribution in [-0.4, -0.2) is 59.8 Å². The van der Waals surface area contributed by atoms with Crippen LogP contribution in [0.2, 0.25) is 0 Å². The zero-order chi connectivity index (χ0) is 17.0. The van der Waals surface area contributed by atoms with Gasteiger partial charge in [-0.1, -0.05) is 20.8 Å². The van der Waals surface area contributed by atoms with Crippen molar-refractivity contribution in [3.8, 4) is 0 Å². The molecule has 1 aliphatic rings. The van der Waals surface area contributed by atoms with Gasteiger partial charge in [0.2, 0.25) is 0 Å². The first kappa shape index (κ1) is 18.7. The van der Waals surface area contributed by atoms with Crippen LogP contribution in [0.5, 0.6) is 0 Å². The van der Waals surface area contributed by atoms with Gasteiger partial charge >= 0.3 is 6.09 Å². The Hall–Kier alpha value is -1.30. The Kier molecular flexibility index (Phi) is 6.23. The minimum absolute atomic E-state index is 0.0814. The van der Waals surface area contributed by atoms with Gasteiger partial charge in [-0.25, -0.2) is 4.79 Å². The number of aliphatic hydroxyl groups excluding tert-OH is 1. The summed E-state index contributed by atoms with van der Waals surface area (Å²) in [5.41, 5.74) is -0.416. The molecule has 0 bridgehead atoms. The van der Waals surface area contributed by atoms with Crippen molar-refractivity contribution in [1.82, 2.24) is 10.2 Å². The predicted molar refractivity (Wildman–Crippen MR) is 88.2 cm³/mol. The maximum Gasteiger partial charge on any atom is 0.410 e. The van der Waals surface area contributed by atoms with E-state index in [1.54, 1.807) is 4.90 Å². The summed E-state index contributed by atoms with van der Waals surface area (Å²) in [6.07, 6.45) is -0.0418. The highest BCUT2D eigenvalue weighted by Gasteiger charge is 2.25. The van der Waals surface area contributed by atoms with Gasteiger partial charge in [0.05, 0.1) is 19.2 Å². The molecule has 1 unspecified atom stereocenters. The fourth-order valence-corrected chi connectivity index (χ4v) is 2.22. The molecule has 0 aliphatic carbocycles. The number of hydrogen-bond acceptors (Lipinski definition) is 5. The lowest BCUT2D eigenvalue weighted by molar-refractivity contribution is 0.0276. The van der Waals surface area contributed by atoms with Crippen LogP contribution in [0, 0.1) is 5.41 Å². The molecule has 1 heterocycles. The quantitative estimate of drug-likeness (QED) is 0.836. The van der Waals surface area contributed by atoms with Gasteiger partial charge in [0, 0.05) is 13.1 Å². The lowest BCUT2D eigenvalue weighted by Gasteiger charge is -2.30. The number of amidine groups is 1. The highest BCUT2D eigenvalue weighted by molar-refractivity contribution is 5.87. The fraction of sp³-hybridized carbons (Fsp3) is 0.875. The molecule has 6 nitrogen and oxygen atoms in total. The Morgan fingerprint density at radius 1 is 1.36 bits per heavy atom. The molecule has 0 saturated carbocycles. The molecule has 0 saturated heterocycles. The highest BCUT2D eigenvalue weighted by atomic mass is 16.6. The van der Waals surface area contributed by atoms with Crippen LogP contribution in [0.3, 0.4) is 0 Å². The first-order valence-corrected chi connectivity index (χ1v) is 7.89. The van der Waals surface area contributed by atoms with Crippen LogP contribution in [-0.2, 0) is 4.74 Å². The first-order chi connectivity index (χ1) is 9.96. The van der Waals surface area contributed by atoms with Crippen molar-refractivity contribution in [3.05, 3.63) is 0 Å². The minimum atomic E-state index is -0.498. The molecule has 0 spiro atoms. The van der Waals surface area contributed by atoms with Crippen LogP contribution >= 0.6 is 0 Å². The topological polar surface area (TPSA) is 74.2 Å². The van der Waals surface area contributed by atoms with E-state index in [1.807, 2.05) is 20.8 Å². The van der Waals surface area contributed by atoms with E-state index in [1.165, 1.54) is 0 Å². The molecule has 1 rings (SSSR count). The smallest absolute Gasteiger partial charge is 0.410 e. The largest absolute Gasteiger partial charge is 0.444 e. The molecule has 0 aromatic rings. The molecule has 1 amide bonds. The van der Waals surface area contributed by atoms with Crippen molar-refractivity contribution in [1.29, 1.82) is 0 Å². The van der Waals surface area contributed by atoms with E-state index in [-0.39, 0.29) is 11.5 Å². The number of nitrogens with zero attached hydrogens (tertiary/aromatic N) is 2. The van der Waals surface area contributed by atoms with Crippen molar-refractivity contribution in [2.75, 3.05) is 26.2 Å². The van der Waals surface area contributed by atoms with E-state index in [4.69, 9.17) is 4.74 Å². The van der Waals surface area contributed by atoms with Gasteiger partial charge in [-0.15, -0.1) is 0 Å². The number of amides is 1. The van der Waals surface area contributed by atoms with Crippen molar-refractivity contribution in [2.24, 2.45) is 10.4 Å². The summed E-state index contributed by atoms with van der Waals surface area (Å²) in [7, 11) is 0. The second-order valence-electron chi connectivity index (χ2n) is 8.03. The second kappa shape index (κ2) is 7.31. The van der Waals surface area contributed by atoms with Gasteiger partial charge < -0.3 is 15.2 Å². The van der Waals surface area contributed by atoms with Crippen molar-refractivity contribution in [2.45, 2.75) is 59.7 Å². The molecule has 128 valence electrons. The van der Waals surface area contributed by atoms with E-state index in [9.17, 15) is 9.90 Å². The molecule has 1 aliphatic heterocycles. The summed E-state index contributed by atoms with van der Waals surface area (Å²) in [4.78, 5) is 18.1. The number of aliphatic hydroxyl groups is 1. The number of hydrogen-bond donors (Lipinski definition) is 2. The standard InChI is InChI=1S/C16H31N3O3/c1-15(2,3)9-12(20)10-18-13-11-19(8-7-17-13)14(21)22-16(4,5)6/h12,20H,7-11H2,1-6H3,(H,17,18). The summed E-state index contributed by atoms with van der Waals surface area (Å²) in [5, 5.41) is 13.2. The van der Waals surface area contributed by atoms with E-state index >= 15 is 0 Å². The normalized spacial score (nSPS) is 17.8. The van der Waals surface area contributed by atoms with E-state index in [2.05, 4.69) is 31.1 Å². The van der Waals surface area contributed by atoms with Crippen LogP contribution in [0.4, 0.5) is 4.79 Å². The summed E-state index contributed by atoms with van der Waals surface area (Å²) < 4.78 is 5.37. The molecule has 0 aromatic heterocycles. The molecule has 1 atom stereocenters. The average molecular weight is 313 g/mol. The van der Waals surface area contributed by atoms with Crippen LogP contribution in [0.1, 0.15) is 48.0 Å². The zero-order valence-electron chi connectivity index (χ0n) is 14.8. The Morgan fingerprint density at radius 3 is 2.55 bits per heavy atom. The van der Waals surface area contributed by atoms with Gasteiger partial charge in [0.1, 0.15) is 11.4 Å². The van der Waals surface area contributed by atoms with Gasteiger partial charge in [0.15, 0.2) is 0 Å². The average Bonchev–Trinajstić information content (AvgIpc) is 2.32. The predicted octanol–water partition coefficient (Wildman–Crippen LogP) is 2.02. The SMILES string of the molecule is CC(C)(C)CC(O)CNC1=NCCN(C(=O)OC(C)(C)C)C1. The van der Waals surface area contributed by atoms with Crippen molar-refractivity contribution < 1.29 is 14.6 Å². The number of rotatable bonds is 3. The van der Waals surface area contributed by atoms with E-state index in [0.717, 1.165) is 5.84 Å². The Bertz CT molecular complexity index is 408. The van der Waals surface area contributed by atoms with Crippen LogP contribution in [0.25, 0.3) is 0 Å². The van der Waals surface area contributed by atoms with E-state index < -0.39 is 11.7 Å². The number of carbonyl (C=O) groups is 1. The third-order valence-corrected chi connectivity index (χ3v) is 3.05. The van der Waals surface area contributed by atoms with Gasteiger partial charge in [-0.3, -0.25) is 9.89 Å². The Morgan fingerprint density at radius 2 is 2.00 bits per heavy atom. The molecular formula is C16H31N3O3. The maximum atomic E-state index is 12.1. The highest BCUT2D eigenvalue weighted by Crippen LogP contribution is 2.20. The zero-order valence-corrected chi connectivity index (χ0v) is 14.8. The summed E-state index contributed by atoms with van der Waals surface area (Å²) in [6, 6.07) is 0. The molecule has 2 N–H and O–H groups in total. The Balaban J connectivity index is 2.43. The lowest BCUT2D eigenvalue weighted by atomic mass is 9.89. The minimum Gasteiger partial charge on any atom is -0.444 e. The molecule has 22 heavy (non-hydrogen) atoms. The molecule has 6 heteroatoms. The molecular weight excluding hydrogens is 282 g/mol. The van der Waals surface area contributed by atoms with Gasteiger partial charge in [-0.05, 0) is 32.6 Å². The summed E-state index contributed by atoms with van der Waals surface area (Å²) in [5.74, 6) is 0.727. The summed E-state index contributed by atoms with van der Waals surface area (Å²) >= 11 is 0. The molecule has 0 radical (unpaired) electrons. The number of ether oxygens (including phenoxy) is 1. The number of carbonyl (C=O) groups excluding carboxylic acids is 1. The molecule has 0 fully saturated rings. The van der Waals surface area contributed by atoms with Crippen molar-refractivity contribution in [3.63, 3.8) is 0 Å². The van der Waals surface area contributed by atoms with Gasteiger partial charge in [-0.2, -0.15) is 0 Å². The monoisotopic (exact) mass is 313 g/mol. The third kappa shape index (κ3) is 7.64. The van der Waals surface area contributed by atoms with Gasteiger partial charge in [0.25, 0.3) is 0 Å².